The zero-order valence-corrected chi connectivity index (χ0v) is 13.8. The van der Waals surface area contributed by atoms with Gasteiger partial charge in [0.1, 0.15) is 0 Å². The Labute approximate surface area is 138 Å². The molecule has 1 unspecified atom stereocenters. The van der Waals surface area contributed by atoms with Crippen molar-refractivity contribution in [2.75, 3.05) is 32.9 Å². The Hall–Kier alpha value is -1.59. The zero-order valence-electron chi connectivity index (χ0n) is 13.8. The third kappa shape index (κ3) is 5.52. The maximum Gasteiger partial charge on any atom is 0.407 e. The maximum absolute atomic E-state index is 11.3. The number of hydrogen-bond donors (Lipinski definition) is 1. The number of benzene rings is 1. The molecule has 23 heavy (non-hydrogen) atoms. The molecule has 1 aliphatic rings. The van der Waals surface area contributed by atoms with Crippen molar-refractivity contribution in [2.24, 2.45) is 5.92 Å². The van der Waals surface area contributed by atoms with Crippen molar-refractivity contribution >= 4 is 6.09 Å². The van der Waals surface area contributed by atoms with Gasteiger partial charge < -0.3 is 19.5 Å². The molecule has 0 aliphatic carbocycles. The van der Waals surface area contributed by atoms with E-state index in [0.717, 1.165) is 31.4 Å². The molecule has 1 amide bonds. The predicted octanol–water partition coefficient (Wildman–Crippen LogP) is 3.56. The van der Waals surface area contributed by atoms with Crippen molar-refractivity contribution in [1.82, 2.24) is 4.90 Å². The van der Waals surface area contributed by atoms with E-state index in [4.69, 9.17) is 9.47 Å². The first-order valence-electron chi connectivity index (χ1n) is 8.44. The Morgan fingerprint density at radius 3 is 2.83 bits per heavy atom. The maximum atomic E-state index is 11.3. The second-order valence-electron chi connectivity index (χ2n) is 5.88. The summed E-state index contributed by atoms with van der Waals surface area (Å²) in [6.45, 7) is 5.19. The number of ether oxygens (including phenoxy) is 2. The minimum Gasteiger partial charge on any atom is -0.465 e. The average Bonchev–Trinajstić information content (AvgIpc) is 2.59. The van der Waals surface area contributed by atoms with Gasteiger partial charge in [-0.05, 0) is 31.7 Å². The quantitative estimate of drug-likeness (QED) is 0.744. The molecule has 128 valence electrons. The standard InChI is InChI=1S/C18H27NO4/c1-2-22-12-7-13-23-17(15-8-4-3-5-9-15)16-10-6-11-19(14-16)18(20)21/h3-5,8-9,16-17H,2,6-7,10-14H2,1H3,(H,20,21)/t16?,17-/m0/s1. The molecule has 0 spiro atoms. The molecule has 0 radical (unpaired) electrons. The first-order valence-corrected chi connectivity index (χ1v) is 8.44. The van der Waals surface area contributed by atoms with Crippen LogP contribution < -0.4 is 0 Å². The summed E-state index contributed by atoms with van der Waals surface area (Å²) in [5.74, 6) is 0.203. The first kappa shape index (κ1) is 17.8. The van der Waals surface area contributed by atoms with E-state index in [0.29, 0.717) is 26.3 Å². The summed E-state index contributed by atoms with van der Waals surface area (Å²) in [4.78, 5) is 12.8. The Bertz CT molecular complexity index is 465. The molecule has 1 saturated heterocycles. The number of piperidine rings is 1. The van der Waals surface area contributed by atoms with Gasteiger partial charge in [0.2, 0.25) is 0 Å². The second kappa shape index (κ2) is 9.53. The van der Waals surface area contributed by atoms with Crippen molar-refractivity contribution in [3.8, 4) is 0 Å². The van der Waals surface area contributed by atoms with Gasteiger partial charge in [0.15, 0.2) is 0 Å². The molecule has 1 aliphatic heterocycles. The molecule has 0 aromatic heterocycles. The van der Waals surface area contributed by atoms with Crippen molar-refractivity contribution in [1.29, 1.82) is 0 Å². The molecule has 2 rings (SSSR count). The van der Waals surface area contributed by atoms with E-state index in [1.165, 1.54) is 4.90 Å². The molecular weight excluding hydrogens is 294 g/mol. The van der Waals surface area contributed by atoms with Gasteiger partial charge in [0, 0.05) is 38.8 Å². The number of likely N-dealkylation sites (tertiary alicyclic amines) is 1. The lowest BCUT2D eigenvalue weighted by atomic mass is 9.88. The number of carbonyl (C=O) groups is 1. The molecule has 0 saturated carbocycles. The topological polar surface area (TPSA) is 59.0 Å². The highest BCUT2D eigenvalue weighted by Crippen LogP contribution is 2.33. The van der Waals surface area contributed by atoms with Crippen molar-refractivity contribution in [2.45, 2.75) is 32.3 Å². The number of nitrogens with zero attached hydrogens (tertiary/aromatic N) is 1. The van der Waals surface area contributed by atoms with Crippen LogP contribution in [0.3, 0.4) is 0 Å². The molecule has 5 nitrogen and oxygen atoms in total. The smallest absolute Gasteiger partial charge is 0.407 e. The van der Waals surface area contributed by atoms with Crippen LogP contribution in [0.25, 0.3) is 0 Å². The minimum absolute atomic E-state index is 0.0556. The number of amides is 1. The highest BCUT2D eigenvalue weighted by atomic mass is 16.5. The number of hydrogen-bond acceptors (Lipinski definition) is 3. The summed E-state index contributed by atoms with van der Waals surface area (Å²) in [5.41, 5.74) is 1.13. The fourth-order valence-corrected chi connectivity index (χ4v) is 3.09. The van der Waals surface area contributed by atoms with Crippen molar-refractivity contribution in [3.63, 3.8) is 0 Å². The predicted molar refractivity (Wildman–Crippen MR) is 88.6 cm³/mol. The molecular formula is C18H27NO4. The Morgan fingerprint density at radius 2 is 2.13 bits per heavy atom. The van der Waals surface area contributed by atoms with E-state index in [9.17, 15) is 9.90 Å². The second-order valence-corrected chi connectivity index (χ2v) is 5.88. The van der Waals surface area contributed by atoms with Gasteiger partial charge in [0.05, 0.1) is 6.10 Å². The fourth-order valence-electron chi connectivity index (χ4n) is 3.09. The molecule has 1 fully saturated rings. The Morgan fingerprint density at radius 1 is 1.35 bits per heavy atom. The average molecular weight is 321 g/mol. The van der Waals surface area contributed by atoms with E-state index in [1.54, 1.807) is 0 Å². The van der Waals surface area contributed by atoms with Crippen molar-refractivity contribution in [3.05, 3.63) is 35.9 Å². The molecule has 2 atom stereocenters. The summed E-state index contributed by atoms with van der Waals surface area (Å²) < 4.78 is 11.5. The zero-order chi connectivity index (χ0) is 16.5. The molecule has 1 heterocycles. The van der Waals surface area contributed by atoms with Crippen LogP contribution in [-0.2, 0) is 9.47 Å². The lowest BCUT2D eigenvalue weighted by molar-refractivity contribution is -0.0208. The van der Waals surface area contributed by atoms with Gasteiger partial charge in [-0.1, -0.05) is 30.3 Å². The van der Waals surface area contributed by atoms with Crippen LogP contribution >= 0.6 is 0 Å². The van der Waals surface area contributed by atoms with Crippen LogP contribution in [0.5, 0.6) is 0 Å². The molecule has 1 N–H and O–H groups in total. The summed E-state index contributed by atoms with van der Waals surface area (Å²) in [6, 6.07) is 10.1. The lowest BCUT2D eigenvalue weighted by Gasteiger charge is -2.35. The van der Waals surface area contributed by atoms with E-state index >= 15 is 0 Å². The Balaban J connectivity index is 1.99. The van der Waals surface area contributed by atoms with Crippen molar-refractivity contribution < 1.29 is 19.4 Å². The summed E-state index contributed by atoms with van der Waals surface area (Å²) in [5, 5.41) is 9.25. The molecule has 0 bridgehead atoms. The van der Waals surface area contributed by atoms with Crippen LogP contribution in [0.15, 0.2) is 30.3 Å². The monoisotopic (exact) mass is 321 g/mol. The summed E-state index contributed by atoms with van der Waals surface area (Å²) >= 11 is 0. The van der Waals surface area contributed by atoms with Crippen LogP contribution in [-0.4, -0.2) is 49.0 Å². The van der Waals surface area contributed by atoms with Gasteiger partial charge in [0.25, 0.3) is 0 Å². The van der Waals surface area contributed by atoms with Crippen LogP contribution in [0, 0.1) is 5.92 Å². The van der Waals surface area contributed by atoms with Gasteiger partial charge in [-0.3, -0.25) is 0 Å². The highest BCUT2D eigenvalue weighted by Gasteiger charge is 2.30. The normalized spacial score (nSPS) is 19.5. The van der Waals surface area contributed by atoms with E-state index in [2.05, 4.69) is 12.1 Å². The van der Waals surface area contributed by atoms with Gasteiger partial charge >= 0.3 is 6.09 Å². The minimum atomic E-state index is -0.835. The van der Waals surface area contributed by atoms with Gasteiger partial charge in [-0.15, -0.1) is 0 Å². The molecule has 1 aromatic rings. The highest BCUT2D eigenvalue weighted by molar-refractivity contribution is 5.65. The third-order valence-corrected chi connectivity index (χ3v) is 4.22. The summed E-state index contributed by atoms with van der Waals surface area (Å²) in [6.07, 6.45) is 1.85. The SMILES string of the molecule is CCOCCCO[C@@H](c1ccccc1)C1CCCN(C(=O)O)C1. The number of rotatable bonds is 8. The van der Waals surface area contributed by atoms with E-state index in [1.807, 2.05) is 25.1 Å². The number of carboxylic acid groups (broad SMARTS) is 1. The van der Waals surface area contributed by atoms with Crippen LogP contribution in [0.1, 0.15) is 37.9 Å². The van der Waals surface area contributed by atoms with E-state index in [-0.39, 0.29) is 12.0 Å². The van der Waals surface area contributed by atoms with Crippen LogP contribution in [0.2, 0.25) is 0 Å². The lowest BCUT2D eigenvalue weighted by Crippen LogP contribution is -2.41. The molecule has 1 aromatic carbocycles. The molecule has 5 heteroatoms. The third-order valence-electron chi connectivity index (χ3n) is 4.22. The summed E-state index contributed by atoms with van der Waals surface area (Å²) in [7, 11) is 0. The first-order chi connectivity index (χ1) is 11.2. The van der Waals surface area contributed by atoms with Gasteiger partial charge in [-0.2, -0.15) is 0 Å². The fraction of sp³-hybridized carbons (Fsp3) is 0.611. The van der Waals surface area contributed by atoms with E-state index < -0.39 is 6.09 Å². The largest absolute Gasteiger partial charge is 0.465 e. The van der Waals surface area contributed by atoms with Crippen LogP contribution in [0.4, 0.5) is 4.79 Å². The Kier molecular flexibility index (Phi) is 7.36. The van der Waals surface area contributed by atoms with Gasteiger partial charge in [-0.25, -0.2) is 4.79 Å².